The van der Waals surface area contributed by atoms with E-state index in [1.807, 2.05) is 70.2 Å². The van der Waals surface area contributed by atoms with Crippen molar-refractivity contribution in [1.29, 1.82) is 0 Å². The van der Waals surface area contributed by atoms with E-state index in [0.717, 1.165) is 10.0 Å². The molecule has 0 radical (unpaired) electrons. The summed E-state index contributed by atoms with van der Waals surface area (Å²) in [7, 11) is 0. The Hall–Kier alpha value is -2.12. The zero-order valence-electron chi connectivity index (χ0n) is 16.9. The smallest absolute Gasteiger partial charge is 0.262 e. The van der Waals surface area contributed by atoms with Crippen molar-refractivity contribution in [3.63, 3.8) is 0 Å². The Bertz CT molecular complexity index is 1090. The van der Waals surface area contributed by atoms with Crippen molar-refractivity contribution in [2.45, 2.75) is 44.4 Å². The lowest BCUT2D eigenvalue weighted by Crippen LogP contribution is -2.41. The van der Waals surface area contributed by atoms with Crippen LogP contribution in [0.2, 0.25) is 0 Å². The van der Waals surface area contributed by atoms with Crippen molar-refractivity contribution < 1.29 is 4.79 Å². The lowest BCUT2D eigenvalue weighted by Gasteiger charge is -2.22. The van der Waals surface area contributed by atoms with Crippen LogP contribution < -0.4 is 10.9 Å². The molecule has 1 unspecified atom stereocenters. The van der Waals surface area contributed by atoms with E-state index in [1.165, 1.54) is 11.8 Å². The Kier molecular flexibility index (Phi) is 6.49. The van der Waals surface area contributed by atoms with Crippen LogP contribution in [0.15, 0.2) is 63.0 Å². The molecule has 29 heavy (non-hydrogen) atoms. The van der Waals surface area contributed by atoms with Gasteiger partial charge in [-0.05, 0) is 51.5 Å². The molecule has 0 spiro atoms. The fraction of sp³-hybridized carbons (Fsp3) is 0.318. The molecule has 1 amide bonds. The Balaban J connectivity index is 2.06. The van der Waals surface area contributed by atoms with E-state index in [2.05, 4.69) is 21.2 Å². The highest BCUT2D eigenvalue weighted by Crippen LogP contribution is 2.26. The van der Waals surface area contributed by atoms with Gasteiger partial charge < -0.3 is 5.32 Å². The quantitative estimate of drug-likeness (QED) is 0.427. The van der Waals surface area contributed by atoms with Gasteiger partial charge in [0, 0.05) is 10.0 Å². The second kappa shape index (κ2) is 8.71. The zero-order valence-corrected chi connectivity index (χ0v) is 19.3. The van der Waals surface area contributed by atoms with Crippen molar-refractivity contribution in [3.8, 4) is 0 Å². The Labute approximate surface area is 183 Å². The van der Waals surface area contributed by atoms with Gasteiger partial charge in [0.05, 0.1) is 22.7 Å². The molecule has 0 saturated heterocycles. The molecular weight excluding hydrogens is 450 g/mol. The van der Waals surface area contributed by atoms with E-state index in [1.54, 1.807) is 10.6 Å². The molecule has 3 aromatic rings. The number of rotatable bonds is 5. The topological polar surface area (TPSA) is 64.0 Å². The maximum atomic E-state index is 13.4. The highest BCUT2D eigenvalue weighted by molar-refractivity contribution is 9.10. The number of fused-ring (bicyclic) bond motifs is 1. The van der Waals surface area contributed by atoms with Gasteiger partial charge in [-0.1, -0.05) is 58.0 Å². The van der Waals surface area contributed by atoms with Crippen LogP contribution in [-0.2, 0) is 4.79 Å². The SMILES string of the molecule is CC(c1ccccc1)n1c(SCC(=O)NC(C)(C)C)nc2ccc(Br)cc2c1=O. The lowest BCUT2D eigenvalue weighted by atomic mass is 10.1. The molecule has 0 aliphatic heterocycles. The number of hydrogen-bond donors (Lipinski definition) is 1. The number of benzene rings is 2. The molecule has 5 nitrogen and oxygen atoms in total. The Morgan fingerprint density at radius 3 is 2.55 bits per heavy atom. The third kappa shape index (κ3) is 5.28. The first kappa shape index (κ1) is 21.6. The van der Waals surface area contributed by atoms with Gasteiger partial charge in [0.2, 0.25) is 5.91 Å². The van der Waals surface area contributed by atoms with Crippen LogP contribution >= 0.6 is 27.7 Å². The summed E-state index contributed by atoms with van der Waals surface area (Å²) < 4.78 is 2.51. The van der Waals surface area contributed by atoms with Crippen LogP contribution in [0.3, 0.4) is 0 Å². The molecule has 0 aliphatic carbocycles. The van der Waals surface area contributed by atoms with Crippen LogP contribution in [0.5, 0.6) is 0 Å². The molecule has 0 bridgehead atoms. The summed E-state index contributed by atoms with van der Waals surface area (Å²) in [5.74, 6) is 0.0966. The predicted octanol–water partition coefficient (Wildman–Crippen LogP) is 4.78. The molecule has 3 rings (SSSR count). The minimum atomic E-state index is -0.308. The number of carbonyl (C=O) groups is 1. The predicted molar refractivity (Wildman–Crippen MR) is 123 cm³/mol. The molecule has 1 atom stereocenters. The van der Waals surface area contributed by atoms with Gasteiger partial charge in [0.1, 0.15) is 0 Å². The Morgan fingerprint density at radius 1 is 1.21 bits per heavy atom. The van der Waals surface area contributed by atoms with Crippen molar-refractivity contribution in [2.24, 2.45) is 0 Å². The van der Waals surface area contributed by atoms with E-state index >= 15 is 0 Å². The number of thioether (sulfide) groups is 1. The molecule has 152 valence electrons. The number of hydrogen-bond acceptors (Lipinski definition) is 4. The van der Waals surface area contributed by atoms with Gasteiger partial charge in [-0.25, -0.2) is 4.98 Å². The van der Waals surface area contributed by atoms with E-state index in [0.29, 0.717) is 16.1 Å². The number of halogens is 1. The second-order valence-corrected chi connectivity index (χ2v) is 9.76. The number of amides is 1. The summed E-state index contributed by atoms with van der Waals surface area (Å²) in [6, 6.07) is 15.1. The van der Waals surface area contributed by atoms with Gasteiger partial charge in [-0.3, -0.25) is 14.2 Å². The summed E-state index contributed by atoms with van der Waals surface area (Å²) in [6.07, 6.45) is 0. The maximum Gasteiger partial charge on any atom is 0.262 e. The van der Waals surface area contributed by atoms with Gasteiger partial charge in [-0.15, -0.1) is 0 Å². The Morgan fingerprint density at radius 2 is 1.90 bits per heavy atom. The second-order valence-electron chi connectivity index (χ2n) is 7.90. The van der Waals surface area contributed by atoms with Crippen molar-refractivity contribution in [3.05, 3.63) is 68.9 Å². The van der Waals surface area contributed by atoms with Crippen LogP contribution in [0.1, 0.15) is 39.3 Å². The molecule has 0 fully saturated rings. The van der Waals surface area contributed by atoms with Gasteiger partial charge in [-0.2, -0.15) is 0 Å². The average molecular weight is 474 g/mol. The standard InChI is InChI=1S/C22H24BrN3O2S/c1-14(15-8-6-5-7-9-15)26-20(28)17-12-16(23)10-11-18(17)24-21(26)29-13-19(27)25-22(2,3)4/h5-12,14H,13H2,1-4H3,(H,25,27). The van der Waals surface area contributed by atoms with Gasteiger partial charge in [0.15, 0.2) is 5.16 Å². The zero-order chi connectivity index (χ0) is 21.2. The normalized spacial score (nSPS) is 12.7. The molecule has 1 aromatic heterocycles. The third-order valence-corrected chi connectivity index (χ3v) is 5.79. The maximum absolute atomic E-state index is 13.4. The summed E-state index contributed by atoms with van der Waals surface area (Å²) in [5, 5.41) is 4.03. The van der Waals surface area contributed by atoms with Gasteiger partial charge in [0.25, 0.3) is 5.56 Å². The average Bonchev–Trinajstić information content (AvgIpc) is 2.66. The first-order valence-electron chi connectivity index (χ1n) is 9.36. The summed E-state index contributed by atoms with van der Waals surface area (Å²) in [4.78, 5) is 30.4. The van der Waals surface area contributed by atoms with E-state index < -0.39 is 0 Å². The molecule has 0 aliphatic rings. The molecule has 1 heterocycles. The minimum absolute atomic E-state index is 0.0911. The van der Waals surface area contributed by atoms with E-state index in [-0.39, 0.29) is 28.8 Å². The number of carbonyl (C=O) groups excluding carboxylic acids is 1. The molecule has 1 N–H and O–H groups in total. The minimum Gasteiger partial charge on any atom is -0.351 e. The first-order valence-corrected chi connectivity index (χ1v) is 11.1. The van der Waals surface area contributed by atoms with Crippen LogP contribution in [0.4, 0.5) is 0 Å². The fourth-order valence-corrected chi connectivity index (χ4v) is 4.30. The van der Waals surface area contributed by atoms with Crippen LogP contribution in [-0.4, -0.2) is 26.8 Å². The fourth-order valence-electron chi connectivity index (χ4n) is 3.06. The molecular formula is C22H24BrN3O2S. The van der Waals surface area contributed by atoms with Gasteiger partial charge >= 0.3 is 0 Å². The first-order chi connectivity index (χ1) is 13.7. The third-order valence-electron chi connectivity index (χ3n) is 4.35. The summed E-state index contributed by atoms with van der Waals surface area (Å²) in [5.41, 5.74) is 1.20. The largest absolute Gasteiger partial charge is 0.351 e. The van der Waals surface area contributed by atoms with E-state index in [4.69, 9.17) is 4.98 Å². The van der Waals surface area contributed by atoms with Crippen molar-refractivity contribution >= 4 is 44.5 Å². The summed E-state index contributed by atoms with van der Waals surface area (Å²) in [6.45, 7) is 7.79. The molecule has 7 heteroatoms. The van der Waals surface area contributed by atoms with Crippen molar-refractivity contribution in [2.75, 3.05) is 5.75 Å². The number of nitrogens with zero attached hydrogens (tertiary/aromatic N) is 2. The van der Waals surface area contributed by atoms with Crippen LogP contribution in [0.25, 0.3) is 10.9 Å². The highest BCUT2D eigenvalue weighted by Gasteiger charge is 2.20. The van der Waals surface area contributed by atoms with Crippen LogP contribution in [0, 0.1) is 0 Å². The highest BCUT2D eigenvalue weighted by atomic mass is 79.9. The summed E-state index contributed by atoms with van der Waals surface area (Å²) >= 11 is 4.72. The number of nitrogens with one attached hydrogen (secondary N) is 1. The molecule has 0 saturated carbocycles. The molecule has 2 aromatic carbocycles. The monoisotopic (exact) mass is 473 g/mol. The number of aromatic nitrogens is 2. The van der Waals surface area contributed by atoms with E-state index in [9.17, 15) is 9.59 Å². The lowest BCUT2D eigenvalue weighted by molar-refractivity contribution is -0.119. The van der Waals surface area contributed by atoms with Crippen molar-refractivity contribution in [1.82, 2.24) is 14.9 Å².